The highest BCUT2D eigenvalue weighted by atomic mass is 79.9. The van der Waals surface area contributed by atoms with E-state index >= 15 is 0 Å². The molecule has 2 nitrogen and oxygen atoms in total. The van der Waals surface area contributed by atoms with E-state index in [0.717, 1.165) is 23.9 Å². The number of nitrogens with zero attached hydrogens (tertiary/aromatic N) is 2. The minimum atomic E-state index is 1.06. The number of halogens is 1. The van der Waals surface area contributed by atoms with Crippen LogP contribution in [0.3, 0.4) is 0 Å². The molecule has 6 heteroatoms. The molecule has 0 fully saturated rings. The monoisotopic (exact) mass is 546 g/mol. The summed E-state index contributed by atoms with van der Waals surface area (Å²) in [5.74, 6) is 0. The van der Waals surface area contributed by atoms with Crippen molar-refractivity contribution in [3.05, 3.63) is 44.6 Å². The second-order valence-electron chi connectivity index (χ2n) is 8.42. The van der Waals surface area contributed by atoms with Gasteiger partial charge in [0.15, 0.2) is 0 Å². The molecule has 170 valence electrons. The lowest BCUT2D eigenvalue weighted by molar-refractivity contribution is 0.668. The standard InChI is InChI=1S/C26H31BrN2S3/c1-3-5-7-9-11-18-15-16-30-25(18)20-13-14-21(24-23(20)28-32-29-24)26-19(17-22(27)31-26)12-10-8-6-4-2/h13-17H,3-12H2,1-2H3. The number of fused-ring (bicyclic) bond motifs is 1. The zero-order valence-corrected chi connectivity index (χ0v) is 23.0. The molecule has 0 aliphatic rings. The Bertz CT molecular complexity index is 1140. The number of aromatic nitrogens is 2. The summed E-state index contributed by atoms with van der Waals surface area (Å²) in [6.07, 6.45) is 12.6. The third-order valence-corrected chi connectivity index (χ3v) is 9.26. The van der Waals surface area contributed by atoms with Gasteiger partial charge in [-0.2, -0.15) is 8.75 Å². The molecule has 4 rings (SSSR count). The summed E-state index contributed by atoms with van der Waals surface area (Å²) < 4.78 is 10.7. The second-order valence-corrected chi connectivity index (χ2v) is 12.3. The van der Waals surface area contributed by atoms with Crippen molar-refractivity contribution in [3.63, 3.8) is 0 Å². The molecule has 0 radical (unpaired) electrons. The molecule has 3 heterocycles. The Balaban J connectivity index is 1.65. The van der Waals surface area contributed by atoms with Crippen LogP contribution in [-0.4, -0.2) is 8.75 Å². The van der Waals surface area contributed by atoms with Gasteiger partial charge in [0.1, 0.15) is 11.0 Å². The van der Waals surface area contributed by atoms with Gasteiger partial charge in [0, 0.05) is 20.9 Å². The second kappa shape index (κ2) is 11.9. The van der Waals surface area contributed by atoms with Crippen LogP contribution in [0.1, 0.15) is 76.3 Å². The molecule has 0 saturated carbocycles. The average molecular weight is 548 g/mol. The van der Waals surface area contributed by atoms with Crippen molar-refractivity contribution >= 4 is 61.4 Å². The number of aryl methyl sites for hydroxylation is 2. The third-order valence-electron chi connectivity index (χ3n) is 6.03. The number of hydrogen-bond acceptors (Lipinski definition) is 5. The summed E-state index contributed by atoms with van der Waals surface area (Å²) in [7, 11) is 0. The van der Waals surface area contributed by atoms with Crippen LogP contribution in [-0.2, 0) is 12.8 Å². The molecule has 0 spiro atoms. The van der Waals surface area contributed by atoms with E-state index in [0.29, 0.717) is 0 Å². The number of benzene rings is 1. The molecule has 0 unspecified atom stereocenters. The maximum absolute atomic E-state index is 4.77. The van der Waals surface area contributed by atoms with E-state index in [1.165, 1.54) is 98.9 Å². The molecule has 0 amide bonds. The first-order chi connectivity index (χ1) is 15.7. The Morgan fingerprint density at radius 3 is 2.03 bits per heavy atom. The summed E-state index contributed by atoms with van der Waals surface area (Å²) in [6, 6.07) is 9.18. The van der Waals surface area contributed by atoms with Gasteiger partial charge in [-0.15, -0.1) is 22.7 Å². The molecule has 0 bridgehead atoms. The van der Waals surface area contributed by atoms with Crippen LogP contribution in [0.25, 0.3) is 31.9 Å². The van der Waals surface area contributed by atoms with Gasteiger partial charge in [-0.05, 0) is 70.3 Å². The Labute approximate surface area is 212 Å². The Hall–Kier alpha value is -1.08. The highest BCUT2D eigenvalue weighted by molar-refractivity contribution is 9.11. The molecule has 0 atom stereocenters. The summed E-state index contributed by atoms with van der Waals surface area (Å²) in [5, 5.41) is 2.23. The van der Waals surface area contributed by atoms with Gasteiger partial charge in [-0.1, -0.05) is 64.5 Å². The van der Waals surface area contributed by atoms with Crippen molar-refractivity contribution < 1.29 is 0 Å². The van der Waals surface area contributed by atoms with Crippen LogP contribution in [0.4, 0.5) is 0 Å². The first-order valence-electron chi connectivity index (χ1n) is 11.8. The fraction of sp³-hybridized carbons (Fsp3) is 0.462. The number of unbranched alkanes of at least 4 members (excludes halogenated alkanes) is 6. The van der Waals surface area contributed by atoms with Gasteiger partial charge in [0.2, 0.25) is 0 Å². The summed E-state index contributed by atoms with van der Waals surface area (Å²) in [6.45, 7) is 4.54. The number of hydrogen-bond donors (Lipinski definition) is 0. The molecule has 1 aromatic carbocycles. The van der Waals surface area contributed by atoms with Crippen molar-refractivity contribution in [2.75, 3.05) is 0 Å². The maximum atomic E-state index is 4.77. The Morgan fingerprint density at radius 2 is 1.38 bits per heavy atom. The average Bonchev–Trinajstić information content (AvgIpc) is 3.53. The predicted molar refractivity (Wildman–Crippen MR) is 147 cm³/mol. The zero-order chi connectivity index (χ0) is 22.3. The van der Waals surface area contributed by atoms with Crippen LogP contribution in [0.5, 0.6) is 0 Å². The van der Waals surface area contributed by atoms with E-state index in [2.05, 4.69) is 59.4 Å². The van der Waals surface area contributed by atoms with Gasteiger partial charge in [-0.3, -0.25) is 0 Å². The largest absolute Gasteiger partial charge is 0.172 e. The fourth-order valence-corrected chi connectivity index (χ4v) is 7.58. The minimum absolute atomic E-state index is 1.06. The van der Waals surface area contributed by atoms with E-state index in [1.54, 1.807) is 0 Å². The molecule has 0 N–H and O–H groups in total. The van der Waals surface area contributed by atoms with Crippen LogP contribution in [0.2, 0.25) is 0 Å². The molecule has 0 saturated heterocycles. The topological polar surface area (TPSA) is 25.8 Å². The van der Waals surface area contributed by atoms with Crippen molar-refractivity contribution in [2.24, 2.45) is 0 Å². The van der Waals surface area contributed by atoms with E-state index in [-0.39, 0.29) is 0 Å². The highest BCUT2D eigenvalue weighted by Crippen LogP contribution is 2.43. The summed E-state index contributed by atoms with van der Waals surface area (Å²) in [4.78, 5) is 2.72. The summed E-state index contributed by atoms with van der Waals surface area (Å²) in [5.41, 5.74) is 7.50. The quantitative estimate of drug-likeness (QED) is 0.165. The third kappa shape index (κ3) is 5.52. The SMILES string of the molecule is CCCCCCc1ccsc1-c1ccc(-c2sc(Br)cc2CCCCCC)c2nsnc12. The van der Waals surface area contributed by atoms with Crippen molar-refractivity contribution in [3.8, 4) is 20.9 Å². The lowest BCUT2D eigenvalue weighted by Gasteiger charge is -2.09. The molecule has 3 aromatic heterocycles. The maximum Gasteiger partial charge on any atom is 0.114 e. The first-order valence-corrected chi connectivity index (χ1v) is 15.1. The van der Waals surface area contributed by atoms with Crippen LogP contribution >= 0.6 is 50.3 Å². The molecular formula is C26H31BrN2S3. The van der Waals surface area contributed by atoms with Crippen LogP contribution < -0.4 is 0 Å². The van der Waals surface area contributed by atoms with Gasteiger partial charge in [0.25, 0.3) is 0 Å². The highest BCUT2D eigenvalue weighted by Gasteiger charge is 2.19. The summed E-state index contributed by atoms with van der Waals surface area (Å²) >= 11 is 8.74. The molecular weight excluding hydrogens is 516 g/mol. The lowest BCUT2D eigenvalue weighted by atomic mass is 9.99. The Morgan fingerprint density at radius 1 is 0.750 bits per heavy atom. The zero-order valence-electron chi connectivity index (χ0n) is 19.0. The smallest absolute Gasteiger partial charge is 0.114 e. The van der Waals surface area contributed by atoms with Gasteiger partial charge < -0.3 is 0 Å². The molecule has 32 heavy (non-hydrogen) atoms. The van der Waals surface area contributed by atoms with Crippen LogP contribution in [0, 0.1) is 0 Å². The predicted octanol–water partition coefficient (Wildman–Crippen LogP) is 10.2. The molecule has 4 aromatic rings. The molecule has 0 aliphatic heterocycles. The normalized spacial score (nSPS) is 11.6. The van der Waals surface area contributed by atoms with Crippen molar-refractivity contribution in [1.82, 2.24) is 8.75 Å². The number of thiophene rings is 2. The van der Waals surface area contributed by atoms with Gasteiger partial charge in [-0.25, -0.2) is 0 Å². The van der Waals surface area contributed by atoms with Crippen molar-refractivity contribution in [1.29, 1.82) is 0 Å². The fourth-order valence-electron chi connectivity index (χ4n) is 4.30. The van der Waals surface area contributed by atoms with Gasteiger partial charge >= 0.3 is 0 Å². The van der Waals surface area contributed by atoms with E-state index in [1.807, 2.05) is 22.7 Å². The lowest BCUT2D eigenvalue weighted by Crippen LogP contribution is -1.90. The first kappa shape index (κ1) is 24.1. The van der Waals surface area contributed by atoms with E-state index in [4.69, 9.17) is 8.75 Å². The van der Waals surface area contributed by atoms with Crippen molar-refractivity contribution in [2.45, 2.75) is 78.1 Å². The minimum Gasteiger partial charge on any atom is -0.172 e. The Kier molecular flexibility index (Phi) is 8.92. The van der Waals surface area contributed by atoms with Crippen LogP contribution in [0.15, 0.2) is 33.4 Å². The van der Waals surface area contributed by atoms with Gasteiger partial charge in [0.05, 0.1) is 15.5 Å². The van der Waals surface area contributed by atoms with E-state index < -0.39 is 0 Å². The molecule has 0 aliphatic carbocycles. The van der Waals surface area contributed by atoms with E-state index in [9.17, 15) is 0 Å². The number of rotatable bonds is 12.